The molecule has 0 aromatic heterocycles. The van der Waals surface area contributed by atoms with Gasteiger partial charge in [0, 0.05) is 6.04 Å². The van der Waals surface area contributed by atoms with Gasteiger partial charge in [-0.1, -0.05) is 38.8 Å². The molecule has 0 aliphatic rings. The number of unbranched alkanes of at least 4 members (excludes halogenated alkanes) is 1. The molecule has 1 N–H and O–H groups in total. The molecule has 1 aromatic rings. The van der Waals surface area contributed by atoms with Crippen LogP contribution in [0.4, 0.5) is 0 Å². The predicted molar refractivity (Wildman–Crippen MR) is 73.6 cm³/mol. The van der Waals surface area contributed by atoms with Crippen LogP contribution in [0.15, 0.2) is 24.3 Å². The van der Waals surface area contributed by atoms with Gasteiger partial charge >= 0.3 is 0 Å². The Kier molecular flexibility index (Phi) is 6.71. The second-order valence-corrected chi connectivity index (χ2v) is 4.40. The third-order valence-electron chi connectivity index (χ3n) is 2.97. The molecule has 0 bridgehead atoms. The summed E-state index contributed by atoms with van der Waals surface area (Å²) in [6.07, 6.45) is 4.67. The number of hydrogen-bond acceptors (Lipinski definition) is 2. The molecule has 0 aliphatic carbocycles. The van der Waals surface area contributed by atoms with E-state index >= 15 is 0 Å². The molecule has 0 saturated heterocycles. The van der Waals surface area contributed by atoms with Gasteiger partial charge in [-0.15, -0.1) is 0 Å². The predicted octanol–water partition coefficient (Wildman–Crippen LogP) is 3.93. The lowest BCUT2D eigenvalue weighted by Gasteiger charge is -2.16. The first-order chi connectivity index (χ1) is 8.31. The molecule has 2 nitrogen and oxygen atoms in total. The topological polar surface area (TPSA) is 21.3 Å². The summed E-state index contributed by atoms with van der Waals surface area (Å²) in [7, 11) is 2.02. The molecule has 0 heterocycles. The number of ether oxygens (including phenoxy) is 1. The Morgan fingerprint density at radius 3 is 2.35 bits per heavy atom. The minimum atomic E-state index is 0.463. The van der Waals surface area contributed by atoms with Crippen molar-refractivity contribution in [2.75, 3.05) is 13.7 Å². The maximum atomic E-state index is 5.65. The molecule has 1 unspecified atom stereocenters. The van der Waals surface area contributed by atoms with Gasteiger partial charge in [-0.3, -0.25) is 0 Å². The molecule has 0 aliphatic heterocycles. The van der Waals surface area contributed by atoms with Crippen LogP contribution in [-0.2, 0) is 0 Å². The lowest BCUT2D eigenvalue weighted by molar-refractivity contribution is 0.309. The molecule has 1 atom stereocenters. The molecule has 0 amide bonds. The first-order valence-electron chi connectivity index (χ1n) is 6.71. The summed E-state index contributed by atoms with van der Waals surface area (Å²) in [5.74, 6) is 0.980. The van der Waals surface area contributed by atoms with E-state index in [9.17, 15) is 0 Å². The van der Waals surface area contributed by atoms with Crippen LogP contribution in [0.25, 0.3) is 0 Å². The first kappa shape index (κ1) is 14.0. The third-order valence-corrected chi connectivity index (χ3v) is 2.97. The van der Waals surface area contributed by atoms with E-state index in [4.69, 9.17) is 4.74 Å². The fraction of sp³-hybridized carbons (Fsp3) is 0.600. The molecule has 96 valence electrons. The van der Waals surface area contributed by atoms with Crippen LogP contribution in [-0.4, -0.2) is 13.7 Å². The first-order valence-corrected chi connectivity index (χ1v) is 6.71. The van der Waals surface area contributed by atoms with Crippen molar-refractivity contribution in [2.24, 2.45) is 0 Å². The summed E-state index contributed by atoms with van der Waals surface area (Å²) in [5, 5.41) is 3.35. The van der Waals surface area contributed by atoms with Gasteiger partial charge in [0.25, 0.3) is 0 Å². The van der Waals surface area contributed by atoms with Crippen molar-refractivity contribution in [3.8, 4) is 5.75 Å². The van der Waals surface area contributed by atoms with Crippen LogP contribution in [0, 0.1) is 0 Å². The summed E-state index contributed by atoms with van der Waals surface area (Å²) >= 11 is 0. The number of nitrogens with one attached hydrogen (secondary N) is 1. The Balaban J connectivity index is 2.53. The average molecular weight is 235 g/mol. The van der Waals surface area contributed by atoms with E-state index in [2.05, 4.69) is 43.4 Å². The molecule has 2 heteroatoms. The number of benzene rings is 1. The van der Waals surface area contributed by atoms with Gasteiger partial charge in [0.15, 0.2) is 0 Å². The second-order valence-electron chi connectivity index (χ2n) is 4.40. The molecular formula is C15H25NO. The van der Waals surface area contributed by atoms with E-state index in [1.165, 1.54) is 24.8 Å². The molecule has 1 rings (SSSR count). The summed E-state index contributed by atoms with van der Waals surface area (Å²) in [5.41, 5.74) is 1.34. The normalized spacial score (nSPS) is 12.4. The van der Waals surface area contributed by atoms with Gasteiger partial charge in [0.2, 0.25) is 0 Å². The van der Waals surface area contributed by atoms with Gasteiger partial charge < -0.3 is 10.1 Å². The summed E-state index contributed by atoms with van der Waals surface area (Å²) < 4.78 is 5.65. The van der Waals surface area contributed by atoms with E-state index in [1.54, 1.807) is 0 Å². The Labute approximate surface area is 105 Å². The zero-order valence-corrected chi connectivity index (χ0v) is 11.3. The van der Waals surface area contributed by atoms with E-state index in [-0.39, 0.29) is 0 Å². The maximum Gasteiger partial charge on any atom is 0.119 e. The highest BCUT2D eigenvalue weighted by atomic mass is 16.5. The monoisotopic (exact) mass is 235 g/mol. The average Bonchev–Trinajstić information content (AvgIpc) is 2.37. The van der Waals surface area contributed by atoms with Gasteiger partial charge in [-0.2, -0.15) is 0 Å². The highest BCUT2D eigenvalue weighted by Gasteiger charge is 2.07. The SMILES string of the molecule is CCCCOc1ccc(C(CCC)NC)cc1. The third kappa shape index (κ3) is 4.78. The van der Waals surface area contributed by atoms with Crippen LogP contribution in [0.5, 0.6) is 5.75 Å². The Morgan fingerprint density at radius 2 is 1.82 bits per heavy atom. The molecule has 0 saturated carbocycles. The van der Waals surface area contributed by atoms with Crippen molar-refractivity contribution >= 4 is 0 Å². The van der Waals surface area contributed by atoms with Crippen molar-refractivity contribution in [1.82, 2.24) is 5.32 Å². The summed E-state index contributed by atoms with van der Waals surface area (Å²) in [6.45, 7) is 5.21. The zero-order chi connectivity index (χ0) is 12.5. The van der Waals surface area contributed by atoms with Crippen molar-refractivity contribution < 1.29 is 4.74 Å². The molecule has 1 aromatic carbocycles. The Bertz CT molecular complexity index is 294. The van der Waals surface area contributed by atoms with E-state index in [1.807, 2.05) is 7.05 Å². The van der Waals surface area contributed by atoms with E-state index < -0.39 is 0 Å². The second kappa shape index (κ2) is 8.13. The van der Waals surface area contributed by atoms with Gasteiger partial charge in [-0.05, 0) is 37.6 Å². The lowest BCUT2D eigenvalue weighted by Crippen LogP contribution is -2.15. The number of rotatable bonds is 8. The molecular weight excluding hydrogens is 210 g/mol. The van der Waals surface area contributed by atoms with Crippen LogP contribution < -0.4 is 10.1 Å². The van der Waals surface area contributed by atoms with E-state index in [0.717, 1.165) is 18.8 Å². The van der Waals surface area contributed by atoms with Gasteiger partial charge in [0.1, 0.15) is 5.75 Å². The van der Waals surface area contributed by atoms with Crippen molar-refractivity contribution in [1.29, 1.82) is 0 Å². The van der Waals surface area contributed by atoms with Crippen LogP contribution in [0.3, 0.4) is 0 Å². The minimum absolute atomic E-state index is 0.463. The largest absolute Gasteiger partial charge is 0.494 e. The van der Waals surface area contributed by atoms with Gasteiger partial charge in [-0.25, -0.2) is 0 Å². The maximum absolute atomic E-state index is 5.65. The fourth-order valence-electron chi connectivity index (χ4n) is 1.90. The van der Waals surface area contributed by atoms with Crippen LogP contribution in [0.2, 0.25) is 0 Å². The Morgan fingerprint density at radius 1 is 1.12 bits per heavy atom. The minimum Gasteiger partial charge on any atom is -0.494 e. The smallest absolute Gasteiger partial charge is 0.119 e. The standard InChI is InChI=1S/C15H25NO/c1-4-6-12-17-14-10-8-13(9-11-14)15(16-3)7-5-2/h8-11,15-16H,4-7,12H2,1-3H3. The molecule has 0 spiro atoms. The van der Waals surface area contributed by atoms with Gasteiger partial charge in [0.05, 0.1) is 6.61 Å². The highest BCUT2D eigenvalue weighted by Crippen LogP contribution is 2.21. The Hall–Kier alpha value is -1.02. The summed E-state index contributed by atoms with van der Waals surface area (Å²) in [4.78, 5) is 0. The zero-order valence-electron chi connectivity index (χ0n) is 11.3. The summed E-state index contributed by atoms with van der Waals surface area (Å²) in [6, 6.07) is 8.94. The highest BCUT2D eigenvalue weighted by molar-refractivity contribution is 5.29. The molecule has 0 radical (unpaired) electrons. The van der Waals surface area contributed by atoms with Crippen molar-refractivity contribution in [3.63, 3.8) is 0 Å². The molecule has 0 fully saturated rings. The van der Waals surface area contributed by atoms with Crippen molar-refractivity contribution in [2.45, 2.75) is 45.6 Å². The van der Waals surface area contributed by atoms with Crippen LogP contribution >= 0.6 is 0 Å². The number of hydrogen-bond donors (Lipinski definition) is 1. The molecule has 17 heavy (non-hydrogen) atoms. The van der Waals surface area contributed by atoms with Crippen LogP contribution in [0.1, 0.15) is 51.1 Å². The van der Waals surface area contributed by atoms with Crippen molar-refractivity contribution in [3.05, 3.63) is 29.8 Å². The quantitative estimate of drug-likeness (QED) is 0.689. The lowest BCUT2D eigenvalue weighted by atomic mass is 10.0. The fourth-order valence-corrected chi connectivity index (χ4v) is 1.90. The van der Waals surface area contributed by atoms with E-state index in [0.29, 0.717) is 6.04 Å².